The lowest BCUT2D eigenvalue weighted by Crippen LogP contribution is -2.39. The first kappa shape index (κ1) is 7.54. The van der Waals surface area contributed by atoms with Gasteiger partial charge in [-0.1, -0.05) is 6.92 Å². The number of rotatable bonds is 3. The highest BCUT2D eigenvalue weighted by molar-refractivity contribution is 5.77. The summed E-state index contributed by atoms with van der Waals surface area (Å²) in [5, 5.41) is 1.73. The average Bonchev–Trinajstić information content (AvgIpc) is 2.31. The predicted octanol–water partition coefficient (Wildman–Crippen LogP) is 0.523. The molecule has 0 unspecified atom stereocenters. The van der Waals surface area contributed by atoms with Crippen molar-refractivity contribution >= 4 is 5.91 Å². The fourth-order valence-electron chi connectivity index (χ4n) is 1.06. The normalized spacial score (nSPS) is 18.5. The number of nitrogens with zero attached hydrogens (tertiary/aromatic N) is 1. The van der Waals surface area contributed by atoms with E-state index >= 15 is 0 Å². The molecule has 0 aromatic carbocycles. The molecule has 1 N–H and O–H groups in total. The van der Waals surface area contributed by atoms with E-state index in [-0.39, 0.29) is 5.91 Å². The molecular weight excluding hydrogens is 128 g/mol. The van der Waals surface area contributed by atoms with E-state index in [0.29, 0.717) is 0 Å². The lowest BCUT2D eigenvalue weighted by Gasteiger charge is -2.15. The highest BCUT2D eigenvalue weighted by Gasteiger charge is 2.18. The van der Waals surface area contributed by atoms with Gasteiger partial charge in [0.1, 0.15) is 0 Å². The van der Waals surface area contributed by atoms with Crippen LogP contribution in [-0.2, 0) is 4.79 Å². The van der Waals surface area contributed by atoms with Gasteiger partial charge in [0.2, 0.25) is 5.91 Å². The second kappa shape index (κ2) is 3.56. The summed E-state index contributed by atoms with van der Waals surface area (Å²) in [4.78, 5) is 10.9. The molecule has 1 heterocycles. The first-order chi connectivity index (χ1) is 4.84. The smallest absolute Gasteiger partial charge is 0.236 e. The van der Waals surface area contributed by atoms with E-state index < -0.39 is 0 Å². The standard InChI is InChI=1S/C7H14N2O/c1-2-5-8-9-6-3-4-7(9)10/h8H,2-6H2,1H3. The van der Waals surface area contributed by atoms with Gasteiger partial charge in [-0.3, -0.25) is 9.80 Å². The highest BCUT2D eigenvalue weighted by Crippen LogP contribution is 2.05. The van der Waals surface area contributed by atoms with E-state index in [1.54, 1.807) is 5.01 Å². The SMILES string of the molecule is CCCNN1CCCC1=O. The van der Waals surface area contributed by atoms with Gasteiger partial charge in [-0.05, 0) is 12.8 Å². The molecule has 0 bridgehead atoms. The maximum absolute atomic E-state index is 10.9. The van der Waals surface area contributed by atoms with Gasteiger partial charge in [0.05, 0.1) is 0 Å². The zero-order chi connectivity index (χ0) is 7.40. The largest absolute Gasteiger partial charge is 0.278 e. The maximum atomic E-state index is 10.9. The second-order valence-electron chi connectivity index (χ2n) is 2.56. The van der Waals surface area contributed by atoms with Gasteiger partial charge in [0.15, 0.2) is 0 Å². The van der Waals surface area contributed by atoms with Crippen molar-refractivity contribution in [1.82, 2.24) is 10.4 Å². The summed E-state index contributed by atoms with van der Waals surface area (Å²) in [6.07, 6.45) is 2.80. The van der Waals surface area contributed by atoms with Crippen LogP contribution in [0.25, 0.3) is 0 Å². The van der Waals surface area contributed by atoms with Crippen molar-refractivity contribution in [2.24, 2.45) is 0 Å². The fourth-order valence-corrected chi connectivity index (χ4v) is 1.06. The number of carbonyl (C=O) groups is 1. The summed E-state index contributed by atoms with van der Waals surface area (Å²) in [7, 11) is 0. The summed E-state index contributed by atoms with van der Waals surface area (Å²) >= 11 is 0. The molecular formula is C7H14N2O. The number of nitrogens with one attached hydrogen (secondary N) is 1. The minimum Gasteiger partial charge on any atom is -0.278 e. The molecule has 0 atom stereocenters. The van der Waals surface area contributed by atoms with Crippen molar-refractivity contribution in [1.29, 1.82) is 0 Å². The Bertz CT molecular complexity index is 125. The van der Waals surface area contributed by atoms with Crippen LogP contribution >= 0.6 is 0 Å². The Morgan fingerprint density at radius 1 is 1.70 bits per heavy atom. The number of hydrogen-bond donors (Lipinski definition) is 1. The molecule has 1 fully saturated rings. The molecule has 0 radical (unpaired) electrons. The Balaban J connectivity index is 2.20. The van der Waals surface area contributed by atoms with Gasteiger partial charge in [-0.25, -0.2) is 5.43 Å². The van der Waals surface area contributed by atoms with Crippen molar-refractivity contribution in [3.63, 3.8) is 0 Å². The monoisotopic (exact) mass is 142 g/mol. The van der Waals surface area contributed by atoms with E-state index in [1.165, 1.54) is 0 Å². The van der Waals surface area contributed by atoms with Crippen molar-refractivity contribution in [3.05, 3.63) is 0 Å². The third kappa shape index (κ3) is 1.70. The Morgan fingerprint density at radius 3 is 3.00 bits per heavy atom. The van der Waals surface area contributed by atoms with Crippen LogP contribution in [0.5, 0.6) is 0 Å². The van der Waals surface area contributed by atoms with Crippen molar-refractivity contribution in [3.8, 4) is 0 Å². The summed E-state index contributed by atoms with van der Waals surface area (Å²) < 4.78 is 0. The number of hydrazine groups is 1. The van der Waals surface area contributed by atoms with Crippen molar-refractivity contribution in [2.45, 2.75) is 26.2 Å². The topological polar surface area (TPSA) is 32.3 Å². The Morgan fingerprint density at radius 2 is 2.50 bits per heavy atom. The molecule has 10 heavy (non-hydrogen) atoms. The van der Waals surface area contributed by atoms with Gasteiger partial charge >= 0.3 is 0 Å². The molecule has 0 spiro atoms. The molecule has 3 heteroatoms. The summed E-state index contributed by atoms with van der Waals surface area (Å²) in [6, 6.07) is 0. The van der Waals surface area contributed by atoms with Crippen molar-refractivity contribution < 1.29 is 4.79 Å². The van der Waals surface area contributed by atoms with Crippen LogP contribution in [0.15, 0.2) is 0 Å². The molecule has 3 nitrogen and oxygen atoms in total. The molecule has 1 rings (SSSR count). The molecule has 1 saturated heterocycles. The number of amides is 1. The van der Waals surface area contributed by atoms with Crippen LogP contribution in [0.1, 0.15) is 26.2 Å². The molecule has 1 aliphatic heterocycles. The molecule has 0 aromatic rings. The van der Waals surface area contributed by atoms with Crippen LogP contribution in [0.2, 0.25) is 0 Å². The predicted molar refractivity (Wildman–Crippen MR) is 39.2 cm³/mol. The summed E-state index contributed by atoms with van der Waals surface area (Å²) in [6.45, 7) is 3.89. The van der Waals surface area contributed by atoms with E-state index in [0.717, 1.165) is 32.4 Å². The quantitative estimate of drug-likeness (QED) is 0.623. The van der Waals surface area contributed by atoms with Crippen LogP contribution in [0, 0.1) is 0 Å². The Labute approximate surface area is 61.4 Å². The molecule has 1 aliphatic rings. The van der Waals surface area contributed by atoms with E-state index in [1.807, 2.05) is 0 Å². The number of hydrogen-bond acceptors (Lipinski definition) is 2. The van der Waals surface area contributed by atoms with Gasteiger partial charge in [-0.2, -0.15) is 0 Å². The molecule has 0 aliphatic carbocycles. The molecule has 0 aromatic heterocycles. The molecule has 1 amide bonds. The van der Waals surface area contributed by atoms with Gasteiger partial charge in [-0.15, -0.1) is 0 Å². The van der Waals surface area contributed by atoms with E-state index in [9.17, 15) is 4.79 Å². The maximum Gasteiger partial charge on any atom is 0.236 e. The molecule has 0 saturated carbocycles. The minimum absolute atomic E-state index is 0.244. The van der Waals surface area contributed by atoms with Gasteiger partial charge < -0.3 is 0 Å². The van der Waals surface area contributed by atoms with Crippen LogP contribution in [-0.4, -0.2) is 24.0 Å². The lowest BCUT2D eigenvalue weighted by molar-refractivity contribution is -0.130. The number of carbonyl (C=O) groups excluding carboxylic acids is 1. The third-order valence-electron chi connectivity index (χ3n) is 1.63. The lowest BCUT2D eigenvalue weighted by atomic mass is 10.4. The van der Waals surface area contributed by atoms with E-state index in [4.69, 9.17) is 0 Å². The fraction of sp³-hybridized carbons (Fsp3) is 0.857. The second-order valence-corrected chi connectivity index (χ2v) is 2.56. The van der Waals surface area contributed by atoms with Crippen molar-refractivity contribution in [2.75, 3.05) is 13.1 Å². The zero-order valence-electron chi connectivity index (χ0n) is 6.39. The third-order valence-corrected chi connectivity index (χ3v) is 1.63. The Kier molecular flexibility index (Phi) is 2.68. The Hall–Kier alpha value is -0.570. The molecule has 58 valence electrons. The van der Waals surface area contributed by atoms with Gasteiger partial charge in [0, 0.05) is 19.5 Å². The van der Waals surface area contributed by atoms with E-state index in [2.05, 4.69) is 12.3 Å². The van der Waals surface area contributed by atoms with Crippen LogP contribution in [0.4, 0.5) is 0 Å². The minimum atomic E-state index is 0.244. The average molecular weight is 142 g/mol. The highest BCUT2D eigenvalue weighted by atomic mass is 16.2. The zero-order valence-corrected chi connectivity index (χ0v) is 6.39. The first-order valence-electron chi connectivity index (χ1n) is 3.88. The van der Waals surface area contributed by atoms with Gasteiger partial charge in [0.25, 0.3) is 0 Å². The summed E-state index contributed by atoms with van der Waals surface area (Å²) in [5.41, 5.74) is 3.06. The van der Waals surface area contributed by atoms with Crippen LogP contribution < -0.4 is 5.43 Å². The van der Waals surface area contributed by atoms with Crippen LogP contribution in [0.3, 0.4) is 0 Å². The summed E-state index contributed by atoms with van der Waals surface area (Å²) in [5.74, 6) is 0.244. The first-order valence-corrected chi connectivity index (χ1v) is 3.88.